The van der Waals surface area contributed by atoms with Crippen LogP contribution in [0.15, 0.2) is 65.4 Å². The minimum absolute atomic E-state index is 0.262. The van der Waals surface area contributed by atoms with Crippen molar-refractivity contribution < 1.29 is 14.3 Å². The van der Waals surface area contributed by atoms with E-state index in [9.17, 15) is 9.59 Å². The molecule has 2 aromatic carbocycles. The van der Waals surface area contributed by atoms with Crippen LogP contribution in [-0.2, 0) is 20.2 Å². The number of amides is 2. The number of rotatable bonds is 8. The molecule has 0 aliphatic heterocycles. The Morgan fingerprint density at radius 3 is 2.46 bits per heavy atom. The monoisotopic (exact) mass is 536 g/mol. The van der Waals surface area contributed by atoms with Crippen LogP contribution >= 0.6 is 15.9 Å². The molecule has 2 amide bonds. The van der Waals surface area contributed by atoms with Gasteiger partial charge in [0.15, 0.2) is 0 Å². The summed E-state index contributed by atoms with van der Waals surface area (Å²) in [7, 11) is 1.80. The fourth-order valence-corrected chi connectivity index (χ4v) is 3.86. The van der Waals surface area contributed by atoms with Crippen molar-refractivity contribution in [2.24, 2.45) is 7.05 Å². The summed E-state index contributed by atoms with van der Waals surface area (Å²) in [6, 6.07) is 14.7. The summed E-state index contributed by atoms with van der Waals surface area (Å²) >= 11 is 3.42. The largest absolute Gasteiger partial charge is 0.489 e. The van der Waals surface area contributed by atoms with Crippen molar-refractivity contribution in [3.8, 4) is 5.75 Å². The molecule has 0 bridgehead atoms. The van der Waals surface area contributed by atoms with Crippen LogP contribution in [0.2, 0.25) is 0 Å². The van der Waals surface area contributed by atoms with E-state index in [2.05, 4.69) is 36.8 Å². The van der Waals surface area contributed by atoms with Crippen molar-refractivity contribution in [2.45, 2.75) is 27.0 Å². The highest BCUT2D eigenvalue weighted by molar-refractivity contribution is 9.10. The van der Waals surface area contributed by atoms with E-state index in [4.69, 9.17) is 4.74 Å². The molecule has 0 saturated carbocycles. The number of aryl methyl sites for hydroxylation is 2. The van der Waals surface area contributed by atoms with Gasteiger partial charge in [0.05, 0.1) is 29.5 Å². The van der Waals surface area contributed by atoms with Gasteiger partial charge in [-0.3, -0.25) is 19.0 Å². The second-order valence-electron chi connectivity index (χ2n) is 7.84. The lowest BCUT2D eigenvalue weighted by molar-refractivity contribution is 0.101. The van der Waals surface area contributed by atoms with Gasteiger partial charge in [-0.1, -0.05) is 34.1 Å². The van der Waals surface area contributed by atoms with Crippen molar-refractivity contribution >= 4 is 39.1 Å². The summed E-state index contributed by atoms with van der Waals surface area (Å²) in [5, 5.41) is 14.1. The molecule has 0 radical (unpaired) electrons. The van der Waals surface area contributed by atoms with Gasteiger partial charge in [0, 0.05) is 23.6 Å². The first-order valence-electron chi connectivity index (χ1n) is 11.0. The summed E-state index contributed by atoms with van der Waals surface area (Å²) in [5.41, 5.74) is 3.28. The highest BCUT2D eigenvalue weighted by Crippen LogP contribution is 2.22. The Morgan fingerprint density at radius 2 is 1.74 bits per heavy atom. The van der Waals surface area contributed by atoms with Gasteiger partial charge >= 0.3 is 0 Å². The average Bonchev–Trinajstić information content (AvgIpc) is 3.40. The van der Waals surface area contributed by atoms with Gasteiger partial charge in [-0.15, -0.1) is 0 Å². The topological polar surface area (TPSA) is 103 Å². The van der Waals surface area contributed by atoms with Crippen LogP contribution in [0.25, 0.3) is 0 Å². The SMILES string of the molecule is CCn1ncc(NC(=O)c2cccc(COc3cccc(Br)c3)c2)c1C(=O)Nc1cnn(C)c1C. The molecule has 0 aliphatic rings. The minimum Gasteiger partial charge on any atom is -0.489 e. The molecular formula is C25H25BrN6O3. The summed E-state index contributed by atoms with van der Waals surface area (Å²) in [6.45, 7) is 4.51. The molecule has 4 rings (SSSR count). The van der Waals surface area contributed by atoms with Gasteiger partial charge in [-0.05, 0) is 49.7 Å². The molecular weight excluding hydrogens is 512 g/mol. The Hall–Kier alpha value is -3.92. The summed E-state index contributed by atoms with van der Waals surface area (Å²) in [5.74, 6) is -0.00999. The zero-order valence-corrected chi connectivity index (χ0v) is 21.2. The van der Waals surface area contributed by atoms with Crippen LogP contribution in [0.1, 0.15) is 39.0 Å². The van der Waals surface area contributed by atoms with E-state index < -0.39 is 0 Å². The Labute approximate surface area is 211 Å². The Kier molecular flexibility index (Phi) is 7.31. The van der Waals surface area contributed by atoms with Crippen molar-refractivity contribution in [3.63, 3.8) is 0 Å². The molecule has 0 atom stereocenters. The van der Waals surface area contributed by atoms with Gasteiger partial charge in [-0.25, -0.2) is 0 Å². The predicted octanol–water partition coefficient (Wildman–Crippen LogP) is 4.79. The highest BCUT2D eigenvalue weighted by Gasteiger charge is 2.21. The standard InChI is InChI=1S/C25H25BrN6O3/c1-4-32-23(25(34)29-21-13-27-31(3)16(21)2)22(14-28-32)30-24(33)18-8-5-7-17(11-18)15-35-20-10-6-9-19(26)12-20/h5-14H,4,15H2,1-3H3,(H,29,34)(H,30,33). The molecule has 10 heteroatoms. The number of hydrogen-bond acceptors (Lipinski definition) is 5. The molecule has 35 heavy (non-hydrogen) atoms. The maximum absolute atomic E-state index is 13.1. The first-order chi connectivity index (χ1) is 16.9. The fourth-order valence-electron chi connectivity index (χ4n) is 3.48. The molecule has 0 spiro atoms. The Morgan fingerprint density at radius 1 is 1.00 bits per heavy atom. The summed E-state index contributed by atoms with van der Waals surface area (Å²) in [4.78, 5) is 26.1. The zero-order chi connectivity index (χ0) is 24.9. The highest BCUT2D eigenvalue weighted by atomic mass is 79.9. The van der Waals surface area contributed by atoms with E-state index in [1.165, 1.54) is 6.20 Å². The van der Waals surface area contributed by atoms with E-state index in [1.54, 1.807) is 40.8 Å². The first-order valence-corrected chi connectivity index (χ1v) is 11.8. The van der Waals surface area contributed by atoms with Crippen LogP contribution in [0.5, 0.6) is 5.75 Å². The number of hydrogen-bond donors (Lipinski definition) is 2. The number of nitrogens with zero attached hydrogens (tertiary/aromatic N) is 4. The van der Waals surface area contributed by atoms with Crippen LogP contribution in [-0.4, -0.2) is 31.4 Å². The van der Waals surface area contributed by atoms with Gasteiger partial charge in [-0.2, -0.15) is 10.2 Å². The molecule has 0 fully saturated rings. The predicted molar refractivity (Wildman–Crippen MR) is 137 cm³/mol. The molecule has 0 aliphatic carbocycles. The van der Waals surface area contributed by atoms with Crippen molar-refractivity contribution in [1.82, 2.24) is 19.6 Å². The van der Waals surface area contributed by atoms with Crippen molar-refractivity contribution in [3.05, 3.63) is 87.9 Å². The number of anilines is 2. The maximum Gasteiger partial charge on any atom is 0.276 e. The normalized spacial score (nSPS) is 10.7. The molecule has 0 saturated heterocycles. The number of ether oxygens (including phenoxy) is 1. The molecule has 180 valence electrons. The molecule has 0 unspecified atom stereocenters. The molecule has 2 N–H and O–H groups in total. The maximum atomic E-state index is 13.1. The second kappa shape index (κ2) is 10.6. The van der Waals surface area contributed by atoms with Crippen LogP contribution in [0, 0.1) is 6.92 Å². The fraction of sp³-hybridized carbons (Fsp3) is 0.200. The third-order valence-electron chi connectivity index (χ3n) is 5.48. The molecule has 4 aromatic rings. The van der Waals surface area contributed by atoms with Gasteiger partial charge in [0.1, 0.15) is 18.1 Å². The van der Waals surface area contributed by atoms with Gasteiger partial charge in [0.25, 0.3) is 11.8 Å². The molecule has 9 nitrogen and oxygen atoms in total. The van der Waals surface area contributed by atoms with Crippen molar-refractivity contribution in [1.29, 1.82) is 0 Å². The zero-order valence-electron chi connectivity index (χ0n) is 19.6. The Balaban J connectivity index is 1.49. The molecule has 2 heterocycles. The lowest BCUT2D eigenvalue weighted by atomic mass is 10.1. The van der Waals surface area contributed by atoms with Crippen LogP contribution in [0.3, 0.4) is 0 Å². The number of carbonyl (C=O) groups is 2. The molecule has 2 aromatic heterocycles. The average molecular weight is 537 g/mol. The van der Waals surface area contributed by atoms with E-state index in [-0.39, 0.29) is 17.5 Å². The first kappa shape index (κ1) is 24.2. The number of carbonyl (C=O) groups excluding carboxylic acids is 2. The number of aromatic nitrogens is 4. The van der Waals surface area contributed by atoms with Crippen LogP contribution in [0.4, 0.5) is 11.4 Å². The van der Waals surface area contributed by atoms with Crippen molar-refractivity contribution in [2.75, 3.05) is 10.6 Å². The number of nitrogens with one attached hydrogen (secondary N) is 2. The number of halogens is 1. The van der Waals surface area contributed by atoms with Gasteiger partial charge in [0.2, 0.25) is 0 Å². The summed E-state index contributed by atoms with van der Waals surface area (Å²) in [6.07, 6.45) is 3.06. The lowest BCUT2D eigenvalue weighted by Gasteiger charge is -2.11. The van der Waals surface area contributed by atoms with E-state index >= 15 is 0 Å². The lowest BCUT2D eigenvalue weighted by Crippen LogP contribution is -2.21. The smallest absolute Gasteiger partial charge is 0.276 e. The second-order valence-corrected chi connectivity index (χ2v) is 8.76. The number of benzene rings is 2. The third kappa shape index (κ3) is 5.60. The minimum atomic E-state index is -0.382. The van der Waals surface area contributed by atoms with E-state index in [0.29, 0.717) is 30.1 Å². The van der Waals surface area contributed by atoms with E-state index in [1.807, 2.05) is 44.2 Å². The summed E-state index contributed by atoms with van der Waals surface area (Å²) < 4.78 is 9.96. The van der Waals surface area contributed by atoms with Crippen LogP contribution < -0.4 is 15.4 Å². The van der Waals surface area contributed by atoms with Gasteiger partial charge < -0.3 is 15.4 Å². The third-order valence-corrected chi connectivity index (χ3v) is 5.97. The Bertz CT molecular complexity index is 1380. The quantitative estimate of drug-likeness (QED) is 0.337. The van der Waals surface area contributed by atoms with E-state index in [0.717, 1.165) is 21.5 Å².